The topological polar surface area (TPSA) is 61.8 Å². The van der Waals surface area contributed by atoms with E-state index >= 15 is 0 Å². The fraction of sp³-hybridized carbons (Fsp3) is 0.571. The van der Waals surface area contributed by atoms with Crippen molar-refractivity contribution in [2.24, 2.45) is 0 Å². The van der Waals surface area contributed by atoms with Crippen LogP contribution in [0.4, 0.5) is 0 Å². The Labute approximate surface area is 116 Å². The van der Waals surface area contributed by atoms with Crippen LogP contribution < -0.4 is 0 Å². The van der Waals surface area contributed by atoms with Crippen LogP contribution in [0.1, 0.15) is 27.7 Å². The van der Waals surface area contributed by atoms with Crippen LogP contribution in [0.5, 0.6) is 0 Å². The largest absolute Gasteiger partial charge is 0.463 e. The summed E-state index contributed by atoms with van der Waals surface area (Å²) in [6.07, 6.45) is -0.491. The molecule has 0 fully saturated rings. The maximum atomic E-state index is 10.6. The molecule has 112 valence electrons. The SMILES string of the molecule is C=C.C=C.CC(=O)OCC(C)OCC(C)OC(C)=O. The molecule has 0 amide bonds. The molecule has 0 saturated carbocycles. The molecule has 0 bridgehead atoms. The van der Waals surface area contributed by atoms with E-state index in [1.807, 2.05) is 0 Å². The average Bonchev–Trinajstić information content (AvgIpc) is 2.38. The molecule has 19 heavy (non-hydrogen) atoms. The average molecular weight is 274 g/mol. The second kappa shape index (κ2) is 16.4. The van der Waals surface area contributed by atoms with Crippen LogP contribution >= 0.6 is 0 Å². The van der Waals surface area contributed by atoms with Gasteiger partial charge in [0.05, 0.1) is 12.7 Å². The molecule has 2 atom stereocenters. The Morgan fingerprint density at radius 3 is 1.74 bits per heavy atom. The van der Waals surface area contributed by atoms with Gasteiger partial charge in [-0.1, -0.05) is 0 Å². The third kappa shape index (κ3) is 22.1. The van der Waals surface area contributed by atoms with Crippen LogP contribution in [0.3, 0.4) is 0 Å². The zero-order valence-electron chi connectivity index (χ0n) is 12.4. The Bertz CT molecular complexity index is 238. The van der Waals surface area contributed by atoms with Gasteiger partial charge in [0.2, 0.25) is 0 Å². The van der Waals surface area contributed by atoms with Crippen molar-refractivity contribution in [3.63, 3.8) is 0 Å². The number of ether oxygens (including phenoxy) is 3. The molecule has 0 aromatic rings. The van der Waals surface area contributed by atoms with Crippen molar-refractivity contribution in [1.29, 1.82) is 0 Å². The third-order valence-corrected chi connectivity index (χ3v) is 1.50. The van der Waals surface area contributed by atoms with Crippen LogP contribution in [0, 0.1) is 0 Å². The minimum absolute atomic E-state index is 0.202. The molecule has 0 aliphatic rings. The maximum Gasteiger partial charge on any atom is 0.302 e. The summed E-state index contributed by atoms with van der Waals surface area (Å²) in [5, 5.41) is 0. The van der Waals surface area contributed by atoms with E-state index in [2.05, 4.69) is 26.3 Å². The Kier molecular flexibility index (Phi) is 19.4. The molecular formula is C14H26O5. The fourth-order valence-electron chi connectivity index (χ4n) is 0.900. The van der Waals surface area contributed by atoms with Gasteiger partial charge in [-0.25, -0.2) is 0 Å². The second-order valence-electron chi connectivity index (χ2n) is 3.37. The summed E-state index contributed by atoms with van der Waals surface area (Å²) in [7, 11) is 0. The molecule has 0 spiro atoms. The van der Waals surface area contributed by atoms with E-state index in [-0.39, 0.29) is 30.8 Å². The summed E-state index contributed by atoms with van der Waals surface area (Å²) in [4.78, 5) is 21.1. The zero-order valence-corrected chi connectivity index (χ0v) is 12.4. The lowest BCUT2D eigenvalue weighted by atomic mass is 10.4. The van der Waals surface area contributed by atoms with Crippen molar-refractivity contribution in [3.8, 4) is 0 Å². The molecule has 0 aromatic heterocycles. The van der Waals surface area contributed by atoms with Crippen molar-refractivity contribution in [3.05, 3.63) is 26.3 Å². The summed E-state index contributed by atoms with van der Waals surface area (Å²) in [5.74, 6) is -0.669. The van der Waals surface area contributed by atoms with Crippen molar-refractivity contribution in [2.75, 3.05) is 13.2 Å². The van der Waals surface area contributed by atoms with Gasteiger partial charge in [-0.3, -0.25) is 9.59 Å². The molecule has 0 aliphatic carbocycles. The molecule has 0 aromatic carbocycles. The van der Waals surface area contributed by atoms with Gasteiger partial charge >= 0.3 is 11.9 Å². The van der Waals surface area contributed by atoms with E-state index in [0.29, 0.717) is 6.61 Å². The standard InChI is InChI=1S/C10H18O5.2C2H4/c1-7(5-14-9(3)11)13-6-8(2)15-10(4)12;2*1-2/h7-8H,5-6H2,1-4H3;2*1-2H2. The predicted octanol–water partition coefficient (Wildman–Crippen LogP) is 2.51. The summed E-state index contributed by atoms with van der Waals surface area (Å²) >= 11 is 0. The highest BCUT2D eigenvalue weighted by molar-refractivity contribution is 5.66. The lowest BCUT2D eigenvalue weighted by Gasteiger charge is -2.16. The first-order valence-corrected chi connectivity index (χ1v) is 5.84. The molecule has 5 heteroatoms. The van der Waals surface area contributed by atoms with Crippen molar-refractivity contribution >= 4 is 11.9 Å². The normalized spacial score (nSPS) is 11.6. The van der Waals surface area contributed by atoms with E-state index in [1.165, 1.54) is 13.8 Å². The van der Waals surface area contributed by atoms with Crippen LogP contribution in [0.25, 0.3) is 0 Å². The molecule has 0 radical (unpaired) electrons. The van der Waals surface area contributed by atoms with Gasteiger partial charge in [-0.15, -0.1) is 26.3 Å². The minimum Gasteiger partial charge on any atom is -0.463 e. The van der Waals surface area contributed by atoms with Gasteiger partial charge in [0, 0.05) is 13.8 Å². The quantitative estimate of drug-likeness (QED) is 0.550. The van der Waals surface area contributed by atoms with Crippen LogP contribution in [0.2, 0.25) is 0 Å². The lowest BCUT2D eigenvalue weighted by Crippen LogP contribution is -2.25. The smallest absolute Gasteiger partial charge is 0.302 e. The van der Waals surface area contributed by atoms with Gasteiger partial charge in [0.1, 0.15) is 12.7 Å². The first kappa shape index (κ1) is 22.6. The van der Waals surface area contributed by atoms with Gasteiger partial charge in [0.15, 0.2) is 0 Å². The second-order valence-corrected chi connectivity index (χ2v) is 3.37. The monoisotopic (exact) mass is 274 g/mol. The molecule has 0 saturated heterocycles. The maximum absolute atomic E-state index is 10.6. The Morgan fingerprint density at radius 2 is 1.37 bits per heavy atom. The fourth-order valence-corrected chi connectivity index (χ4v) is 0.900. The Hall–Kier alpha value is -1.62. The third-order valence-electron chi connectivity index (χ3n) is 1.50. The van der Waals surface area contributed by atoms with E-state index < -0.39 is 0 Å². The number of rotatable bonds is 6. The Balaban J connectivity index is -0.000000579. The highest BCUT2D eigenvalue weighted by Crippen LogP contribution is 1.98. The van der Waals surface area contributed by atoms with E-state index in [9.17, 15) is 9.59 Å². The molecule has 2 unspecified atom stereocenters. The number of esters is 2. The minimum atomic E-state index is -0.335. The number of carbonyl (C=O) groups is 2. The van der Waals surface area contributed by atoms with Crippen LogP contribution in [0.15, 0.2) is 26.3 Å². The first-order chi connectivity index (χ1) is 8.91. The first-order valence-electron chi connectivity index (χ1n) is 5.84. The van der Waals surface area contributed by atoms with Gasteiger partial charge < -0.3 is 14.2 Å². The molecule has 0 aliphatic heterocycles. The number of hydrogen-bond donors (Lipinski definition) is 0. The van der Waals surface area contributed by atoms with Crippen molar-refractivity contribution in [2.45, 2.75) is 39.9 Å². The van der Waals surface area contributed by atoms with Gasteiger partial charge in [-0.2, -0.15) is 0 Å². The molecule has 5 nitrogen and oxygen atoms in total. The lowest BCUT2D eigenvalue weighted by molar-refractivity contribution is -0.151. The highest BCUT2D eigenvalue weighted by Gasteiger charge is 2.09. The summed E-state index contributed by atoms with van der Waals surface area (Å²) < 4.78 is 14.9. The van der Waals surface area contributed by atoms with Gasteiger partial charge in [0.25, 0.3) is 0 Å². The Morgan fingerprint density at radius 1 is 0.895 bits per heavy atom. The van der Waals surface area contributed by atoms with Crippen molar-refractivity contribution in [1.82, 2.24) is 0 Å². The number of hydrogen-bond acceptors (Lipinski definition) is 5. The summed E-state index contributed by atoms with van der Waals surface area (Å²) in [5.41, 5.74) is 0. The predicted molar refractivity (Wildman–Crippen MR) is 75.8 cm³/mol. The van der Waals surface area contributed by atoms with E-state index in [1.54, 1.807) is 13.8 Å². The van der Waals surface area contributed by atoms with E-state index in [0.717, 1.165) is 0 Å². The van der Waals surface area contributed by atoms with E-state index in [4.69, 9.17) is 14.2 Å². The van der Waals surface area contributed by atoms with Crippen molar-refractivity contribution < 1.29 is 23.8 Å². The highest BCUT2D eigenvalue weighted by atomic mass is 16.6. The molecular weight excluding hydrogens is 248 g/mol. The molecule has 0 heterocycles. The summed E-state index contributed by atoms with van der Waals surface area (Å²) in [6.45, 7) is 18.7. The zero-order chi connectivity index (χ0) is 15.8. The summed E-state index contributed by atoms with van der Waals surface area (Å²) in [6, 6.07) is 0. The number of carbonyl (C=O) groups excluding carboxylic acids is 2. The van der Waals surface area contributed by atoms with Gasteiger partial charge in [-0.05, 0) is 13.8 Å². The molecule has 0 rings (SSSR count). The van der Waals surface area contributed by atoms with Crippen LogP contribution in [-0.4, -0.2) is 37.4 Å². The molecule has 0 N–H and O–H groups in total. The van der Waals surface area contributed by atoms with Crippen LogP contribution in [-0.2, 0) is 23.8 Å².